The van der Waals surface area contributed by atoms with Gasteiger partial charge in [0.25, 0.3) is 0 Å². The summed E-state index contributed by atoms with van der Waals surface area (Å²) in [5, 5.41) is 3.06. The minimum atomic E-state index is -0.0691. The predicted octanol–water partition coefficient (Wildman–Crippen LogP) is 6.15. The van der Waals surface area contributed by atoms with Gasteiger partial charge in [0.1, 0.15) is 0 Å². The van der Waals surface area contributed by atoms with Crippen molar-refractivity contribution in [1.29, 1.82) is 0 Å². The number of amides is 1. The van der Waals surface area contributed by atoms with Crippen LogP contribution in [0.4, 0.5) is 0 Å². The van der Waals surface area contributed by atoms with Crippen molar-refractivity contribution in [2.24, 2.45) is 0 Å². The number of methoxy groups -OCH3 is 2. The number of benzene rings is 1. The number of aryl methyl sites for hydroxylation is 1. The van der Waals surface area contributed by atoms with Gasteiger partial charge in [-0.3, -0.25) is 9.78 Å². The Morgan fingerprint density at radius 3 is 2.64 bits per heavy atom. The van der Waals surface area contributed by atoms with Crippen LogP contribution in [0, 0.1) is 0 Å². The number of nitrogens with zero attached hydrogens (tertiary/aromatic N) is 1. The van der Waals surface area contributed by atoms with Crippen molar-refractivity contribution in [3.63, 3.8) is 0 Å². The lowest BCUT2D eigenvalue weighted by atomic mass is 9.98. The van der Waals surface area contributed by atoms with Gasteiger partial charge in [-0.15, -0.1) is 0 Å². The summed E-state index contributed by atoms with van der Waals surface area (Å²) in [6.45, 7) is 4.24. The SMILES string of the molecule is CCCCCC(=CC=CC(=O)N[C@H](C)CCCc1cccnc1)c1ccc(OC)c(OC)c1. The van der Waals surface area contributed by atoms with E-state index in [4.69, 9.17) is 9.47 Å². The van der Waals surface area contributed by atoms with Gasteiger partial charge in [0, 0.05) is 24.5 Å². The highest BCUT2D eigenvalue weighted by Crippen LogP contribution is 2.32. The fourth-order valence-electron chi connectivity index (χ4n) is 3.70. The molecule has 1 amide bonds. The second kappa shape index (κ2) is 14.9. The van der Waals surface area contributed by atoms with E-state index in [-0.39, 0.29) is 11.9 Å². The number of aromatic nitrogens is 1. The van der Waals surface area contributed by atoms with Gasteiger partial charge in [0.15, 0.2) is 11.5 Å². The number of hydrogen-bond acceptors (Lipinski definition) is 4. The second-order valence-electron chi connectivity index (χ2n) is 8.24. The van der Waals surface area contributed by atoms with Crippen molar-refractivity contribution in [2.75, 3.05) is 14.2 Å². The molecule has 0 fully saturated rings. The molecule has 0 aliphatic rings. The first-order valence-electron chi connectivity index (χ1n) is 11.9. The number of carbonyl (C=O) groups excluding carboxylic acids is 1. The zero-order chi connectivity index (χ0) is 23.9. The van der Waals surface area contributed by atoms with Crippen LogP contribution in [0.25, 0.3) is 5.57 Å². The third kappa shape index (κ3) is 9.52. The Morgan fingerprint density at radius 2 is 1.94 bits per heavy atom. The first kappa shape index (κ1) is 26.2. The number of nitrogens with one attached hydrogen (secondary N) is 1. The maximum absolute atomic E-state index is 12.4. The molecule has 0 aliphatic heterocycles. The molecule has 0 saturated carbocycles. The third-order valence-electron chi connectivity index (χ3n) is 5.56. The van der Waals surface area contributed by atoms with Crippen molar-refractivity contribution in [3.05, 3.63) is 72.1 Å². The number of pyridine rings is 1. The Kier molecular flexibility index (Phi) is 11.8. The molecule has 5 nitrogen and oxygen atoms in total. The summed E-state index contributed by atoms with van der Waals surface area (Å²) in [6.07, 6.45) is 16.5. The lowest BCUT2D eigenvalue weighted by Gasteiger charge is -2.13. The van der Waals surface area contributed by atoms with Gasteiger partial charge in [-0.1, -0.05) is 44.1 Å². The predicted molar refractivity (Wildman–Crippen MR) is 136 cm³/mol. The lowest BCUT2D eigenvalue weighted by molar-refractivity contribution is -0.117. The summed E-state index contributed by atoms with van der Waals surface area (Å²) in [5.74, 6) is 1.35. The van der Waals surface area contributed by atoms with Crippen molar-refractivity contribution < 1.29 is 14.3 Å². The molecule has 2 aromatic rings. The van der Waals surface area contributed by atoms with E-state index in [1.807, 2.05) is 49.5 Å². The van der Waals surface area contributed by atoms with Crippen LogP contribution in [0.5, 0.6) is 11.5 Å². The lowest BCUT2D eigenvalue weighted by Crippen LogP contribution is -2.31. The van der Waals surface area contributed by atoms with Gasteiger partial charge in [0.05, 0.1) is 14.2 Å². The second-order valence-corrected chi connectivity index (χ2v) is 8.24. The minimum Gasteiger partial charge on any atom is -0.493 e. The van der Waals surface area contributed by atoms with Crippen molar-refractivity contribution in [3.8, 4) is 11.5 Å². The number of carbonyl (C=O) groups is 1. The standard InChI is InChI=1S/C28H38N2O3/c1-5-6-7-14-24(25-17-18-26(32-3)27(20-25)33-4)15-9-16-28(31)30-22(2)11-8-12-23-13-10-19-29-21-23/h9-10,13,15-22H,5-8,11-12,14H2,1-4H3,(H,30,31)/t22-/m1/s1. The van der Waals surface area contributed by atoms with E-state index in [0.29, 0.717) is 11.5 Å². The Bertz CT molecular complexity index is 907. The molecule has 5 heteroatoms. The molecule has 0 radical (unpaired) electrons. The first-order valence-corrected chi connectivity index (χ1v) is 11.9. The van der Waals surface area contributed by atoms with Gasteiger partial charge in [0.2, 0.25) is 5.91 Å². The van der Waals surface area contributed by atoms with Crippen molar-refractivity contribution in [2.45, 2.75) is 64.8 Å². The number of allylic oxidation sites excluding steroid dienone is 3. The number of rotatable bonds is 14. The summed E-state index contributed by atoms with van der Waals surface area (Å²) in [4.78, 5) is 16.5. The number of ether oxygens (including phenoxy) is 2. The van der Waals surface area contributed by atoms with Crippen molar-refractivity contribution in [1.82, 2.24) is 10.3 Å². The van der Waals surface area contributed by atoms with E-state index in [9.17, 15) is 4.79 Å². The summed E-state index contributed by atoms with van der Waals surface area (Å²) < 4.78 is 10.8. The molecule has 2 rings (SSSR count). The zero-order valence-corrected chi connectivity index (χ0v) is 20.5. The van der Waals surface area contributed by atoms with E-state index in [0.717, 1.165) is 44.1 Å². The molecule has 0 aliphatic carbocycles. The maximum atomic E-state index is 12.4. The van der Waals surface area contributed by atoms with E-state index >= 15 is 0 Å². The van der Waals surface area contributed by atoms with E-state index in [1.54, 1.807) is 26.5 Å². The smallest absolute Gasteiger partial charge is 0.244 e. The van der Waals surface area contributed by atoms with Crippen LogP contribution >= 0.6 is 0 Å². The summed E-state index contributed by atoms with van der Waals surface area (Å²) in [7, 11) is 3.28. The Hall–Kier alpha value is -3.08. The fourth-order valence-corrected chi connectivity index (χ4v) is 3.70. The summed E-state index contributed by atoms with van der Waals surface area (Å²) in [5.41, 5.74) is 3.49. The van der Waals surface area contributed by atoms with Crippen LogP contribution < -0.4 is 14.8 Å². The van der Waals surface area contributed by atoms with E-state index in [2.05, 4.69) is 23.3 Å². The topological polar surface area (TPSA) is 60.5 Å². The van der Waals surface area contributed by atoms with Gasteiger partial charge in [-0.05, 0) is 73.9 Å². The average Bonchev–Trinajstić information content (AvgIpc) is 2.83. The van der Waals surface area contributed by atoms with Crippen LogP contribution in [0.1, 0.15) is 63.5 Å². The van der Waals surface area contributed by atoms with Gasteiger partial charge < -0.3 is 14.8 Å². The molecular formula is C28H38N2O3. The Labute approximate surface area is 198 Å². The molecule has 0 bridgehead atoms. The van der Waals surface area contributed by atoms with Crippen molar-refractivity contribution >= 4 is 11.5 Å². The molecule has 1 N–H and O–H groups in total. The maximum Gasteiger partial charge on any atom is 0.244 e. The molecule has 1 heterocycles. The highest BCUT2D eigenvalue weighted by Gasteiger charge is 2.08. The van der Waals surface area contributed by atoms with Crippen LogP contribution in [-0.4, -0.2) is 31.2 Å². The summed E-state index contributed by atoms with van der Waals surface area (Å²) >= 11 is 0. The Morgan fingerprint density at radius 1 is 1.12 bits per heavy atom. The van der Waals surface area contributed by atoms with Crippen LogP contribution in [0.3, 0.4) is 0 Å². The highest BCUT2D eigenvalue weighted by molar-refractivity contribution is 5.88. The minimum absolute atomic E-state index is 0.0691. The van der Waals surface area contributed by atoms with E-state index < -0.39 is 0 Å². The first-order chi connectivity index (χ1) is 16.1. The molecule has 0 spiro atoms. The fraction of sp³-hybridized carbons (Fsp3) is 0.429. The molecule has 1 aromatic heterocycles. The molecule has 178 valence electrons. The number of hydrogen-bond donors (Lipinski definition) is 1. The van der Waals surface area contributed by atoms with Crippen LogP contribution in [0.2, 0.25) is 0 Å². The summed E-state index contributed by atoms with van der Waals surface area (Å²) in [6, 6.07) is 10.1. The monoisotopic (exact) mass is 450 g/mol. The molecule has 1 aromatic carbocycles. The average molecular weight is 451 g/mol. The van der Waals surface area contributed by atoms with Crippen LogP contribution in [-0.2, 0) is 11.2 Å². The van der Waals surface area contributed by atoms with E-state index in [1.165, 1.54) is 17.6 Å². The van der Waals surface area contributed by atoms with Gasteiger partial charge in [-0.25, -0.2) is 0 Å². The quantitative estimate of drug-likeness (QED) is 0.213. The largest absolute Gasteiger partial charge is 0.493 e. The normalized spacial score (nSPS) is 12.5. The molecule has 0 saturated heterocycles. The van der Waals surface area contributed by atoms with Gasteiger partial charge in [-0.2, -0.15) is 0 Å². The molecule has 1 atom stereocenters. The Balaban J connectivity index is 1.95. The highest BCUT2D eigenvalue weighted by atomic mass is 16.5. The third-order valence-corrected chi connectivity index (χ3v) is 5.56. The number of unbranched alkanes of at least 4 members (excludes halogenated alkanes) is 2. The van der Waals surface area contributed by atoms with Crippen LogP contribution in [0.15, 0.2) is 61.0 Å². The molecule has 0 unspecified atom stereocenters. The zero-order valence-electron chi connectivity index (χ0n) is 20.5. The van der Waals surface area contributed by atoms with Gasteiger partial charge >= 0.3 is 0 Å². The molecule has 33 heavy (non-hydrogen) atoms. The molecular weight excluding hydrogens is 412 g/mol.